The van der Waals surface area contributed by atoms with Crippen LogP contribution in [-0.2, 0) is 9.59 Å². The Morgan fingerprint density at radius 2 is 1.56 bits per heavy atom. The van der Waals surface area contributed by atoms with E-state index in [0.29, 0.717) is 25.9 Å². The van der Waals surface area contributed by atoms with Gasteiger partial charge in [0.2, 0.25) is 11.8 Å². The van der Waals surface area contributed by atoms with E-state index in [9.17, 15) is 23.2 Å². The molecule has 192 valence electrons. The van der Waals surface area contributed by atoms with Gasteiger partial charge in [-0.3, -0.25) is 14.4 Å². The third kappa shape index (κ3) is 6.87. The second kappa shape index (κ2) is 11.6. The molecule has 2 aromatic rings. The molecule has 4 rings (SSSR count). The molecule has 1 heterocycles. The average molecular weight is 499 g/mol. The van der Waals surface area contributed by atoms with Crippen LogP contribution in [0.2, 0.25) is 0 Å². The lowest BCUT2D eigenvalue weighted by atomic mass is 10.1. The van der Waals surface area contributed by atoms with Gasteiger partial charge in [-0.05, 0) is 68.3 Å². The van der Waals surface area contributed by atoms with Gasteiger partial charge in [0.15, 0.2) is 0 Å². The van der Waals surface area contributed by atoms with E-state index in [4.69, 9.17) is 0 Å². The SMILES string of the molecule is CN1CCN(C(=O)[C@H](CCCC(=O)NC2C[C@H]2c2ccc(F)cc2)NC(=O)c2ccc(F)cc2)CC1. The molecule has 1 aliphatic carbocycles. The Bertz CT molecular complexity index is 1070. The first kappa shape index (κ1) is 25.8. The number of benzene rings is 2. The van der Waals surface area contributed by atoms with Crippen molar-refractivity contribution in [1.82, 2.24) is 20.4 Å². The van der Waals surface area contributed by atoms with Gasteiger partial charge in [0, 0.05) is 50.1 Å². The number of nitrogens with zero attached hydrogens (tertiary/aromatic N) is 2. The number of carbonyl (C=O) groups is 3. The predicted molar refractivity (Wildman–Crippen MR) is 131 cm³/mol. The Hall–Kier alpha value is -3.33. The van der Waals surface area contributed by atoms with Gasteiger partial charge >= 0.3 is 0 Å². The number of likely N-dealkylation sites (N-methyl/N-ethyl adjacent to an activating group) is 1. The van der Waals surface area contributed by atoms with E-state index in [1.54, 1.807) is 17.0 Å². The third-order valence-corrected chi connectivity index (χ3v) is 6.86. The van der Waals surface area contributed by atoms with Gasteiger partial charge in [-0.15, -0.1) is 0 Å². The van der Waals surface area contributed by atoms with Crippen LogP contribution in [0.1, 0.15) is 47.5 Å². The van der Waals surface area contributed by atoms with Crippen LogP contribution in [0.4, 0.5) is 8.78 Å². The summed E-state index contributed by atoms with van der Waals surface area (Å²) in [7, 11) is 1.99. The van der Waals surface area contributed by atoms with Crippen LogP contribution in [0, 0.1) is 11.6 Å². The zero-order valence-corrected chi connectivity index (χ0v) is 20.4. The molecule has 0 aromatic heterocycles. The van der Waals surface area contributed by atoms with Crippen LogP contribution in [-0.4, -0.2) is 72.8 Å². The lowest BCUT2D eigenvalue weighted by molar-refractivity contribution is -0.135. The second-order valence-electron chi connectivity index (χ2n) is 9.62. The van der Waals surface area contributed by atoms with Crippen LogP contribution < -0.4 is 10.6 Å². The number of hydrogen-bond donors (Lipinski definition) is 2. The fourth-order valence-corrected chi connectivity index (χ4v) is 4.53. The highest BCUT2D eigenvalue weighted by molar-refractivity contribution is 5.97. The zero-order chi connectivity index (χ0) is 25.7. The van der Waals surface area contributed by atoms with Crippen LogP contribution in [0.15, 0.2) is 48.5 Å². The summed E-state index contributed by atoms with van der Waals surface area (Å²) >= 11 is 0. The molecule has 7 nitrogen and oxygen atoms in total. The minimum atomic E-state index is -0.772. The summed E-state index contributed by atoms with van der Waals surface area (Å²) < 4.78 is 26.4. The van der Waals surface area contributed by atoms with Gasteiger partial charge in [-0.1, -0.05) is 12.1 Å². The summed E-state index contributed by atoms with van der Waals surface area (Å²) in [5.74, 6) is -1.27. The van der Waals surface area contributed by atoms with Crippen molar-refractivity contribution in [3.8, 4) is 0 Å². The molecule has 0 bridgehead atoms. The molecule has 2 aliphatic rings. The number of amides is 3. The third-order valence-electron chi connectivity index (χ3n) is 6.86. The maximum Gasteiger partial charge on any atom is 0.251 e. The molecule has 3 amide bonds. The monoisotopic (exact) mass is 498 g/mol. The average Bonchev–Trinajstić information content (AvgIpc) is 3.63. The number of piperazine rings is 1. The van der Waals surface area contributed by atoms with Crippen LogP contribution in [0.5, 0.6) is 0 Å². The van der Waals surface area contributed by atoms with Crippen molar-refractivity contribution in [2.75, 3.05) is 33.2 Å². The molecule has 2 N–H and O–H groups in total. The quantitative estimate of drug-likeness (QED) is 0.557. The van der Waals surface area contributed by atoms with E-state index in [0.717, 1.165) is 25.1 Å². The topological polar surface area (TPSA) is 81.8 Å². The summed E-state index contributed by atoms with van der Waals surface area (Å²) in [5, 5.41) is 5.80. The predicted octanol–water partition coefficient (Wildman–Crippen LogP) is 2.68. The summed E-state index contributed by atoms with van der Waals surface area (Å²) in [6, 6.07) is 10.7. The minimum Gasteiger partial charge on any atom is -0.353 e. The Morgan fingerprint density at radius 1 is 0.944 bits per heavy atom. The van der Waals surface area contributed by atoms with Crippen LogP contribution in [0.25, 0.3) is 0 Å². The lowest BCUT2D eigenvalue weighted by Gasteiger charge is -2.34. The van der Waals surface area contributed by atoms with Crippen molar-refractivity contribution in [1.29, 1.82) is 0 Å². The van der Waals surface area contributed by atoms with E-state index in [1.165, 1.54) is 36.4 Å². The van der Waals surface area contributed by atoms with Gasteiger partial charge in [-0.2, -0.15) is 0 Å². The molecule has 36 heavy (non-hydrogen) atoms. The van der Waals surface area contributed by atoms with Gasteiger partial charge < -0.3 is 20.4 Å². The molecule has 1 aliphatic heterocycles. The zero-order valence-electron chi connectivity index (χ0n) is 20.4. The molecular formula is C27H32F2N4O3. The number of rotatable bonds is 9. The standard InChI is InChI=1S/C27H32F2N4O3/c1-32-13-15-33(16-14-32)27(36)23(31-26(35)19-7-11-21(29)12-8-19)3-2-4-25(34)30-24-17-22(24)18-5-9-20(28)10-6-18/h5-12,22-24H,2-4,13-17H2,1H3,(H,30,34)(H,31,35)/t22-,23-,24?/m0/s1. The van der Waals surface area contributed by atoms with Gasteiger partial charge in [0.1, 0.15) is 17.7 Å². The molecular weight excluding hydrogens is 466 g/mol. The van der Waals surface area contributed by atoms with Gasteiger partial charge in [-0.25, -0.2) is 8.78 Å². The molecule has 2 aromatic carbocycles. The molecule has 9 heteroatoms. The highest BCUT2D eigenvalue weighted by Gasteiger charge is 2.39. The summed E-state index contributed by atoms with van der Waals surface area (Å²) in [4.78, 5) is 42.3. The van der Waals surface area contributed by atoms with Crippen LogP contribution >= 0.6 is 0 Å². The molecule has 3 atom stereocenters. The van der Waals surface area contributed by atoms with Crippen molar-refractivity contribution in [3.05, 3.63) is 71.3 Å². The first-order valence-electron chi connectivity index (χ1n) is 12.4. The minimum absolute atomic E-state index is 0.0314. The summed E-state index contributed by atoms with van der Waals surface area (Å²) in [6.45, 7) is 2.66. The van der Waals surface area contributed by atoms with Gasteiger partial charge in [0.25, 0.3) is 5.91 Å². The molecule has 1 unspecified atom stereocenters. The number of carbonyl (C=O) groups excluding carboxylic acids is 3. The van der Waals surface area contributed by atoms with E-state index in [2.05, 4.69) is 15.5 Å². The summed E-state index contributed by atoms with van der Waals surface area (Å²) in [5.41, 5.74) is 1.27. The first-order valence-corrected chi connectivity index (χ1v) is 12.4. The molecule has 2 fully saturated rings. The van der Waals surface area contributed by atoms with Gasteiger partial charge in [0.05, 0.1) is 0 Å². The summed E-state index contributed by atoms with van der Waals surface area (Å²) in [6.07, 6.45) is 1.78. The van der Waals surface area contributed by atoms with Crippen molar-refractivity contribution in [2.24, 2.45) is 0 Å². The van der Waals surface area contributed by atoms with E-state index in [1.807, 2.05) is 7.05 Å². The molecule has 0 spiro atoms. The molecule has 1 saturated heterocycles. The number of nitrogens with one attached hydrogen (secondary N) is 2. The lowest BCUT2D eigenvalue weighted by Crippen LogP contribution is -2.54. The van der Waals surface area contributed by atoms with Crippen molar-refractivity contribution in [2.45, 2.75) is 43.7 Å². The Balaban J connectivity index is 1.30. The highest BCUT2D eigenvalue weighted by atomic mass is 19.1. The van der Waals surface area contributed by atoms with E-state index in [-0.39, 0.29) is 41.6 Å². The maximum absolute atomic E-state index is 13.2. The Labute approximate surface area is 209 Å². The van der Waals surface area contributed by atoms with Crippen molar-refractivity contribution < 1.29 is 23.2 Å². The van der Waals surface area contributed by atoms with Crippen LogP contribution in [0.3, 0.4) is 0 Å². The van der Waals surface area contributed by atoms with E-state index >= 15 is 0 Å². The fraction of sp³-hybridized carbons (Fsp3) is 0.444. The smallest absolute Gasteiger partial charge is 0.251 e. The largest absolute Gasteiger partial charge is 0.353 e. The van der Waals surface area contributed by atoms with E-state index < -0.39 is 17.8 Å². The highest BCUT2D eigenvalue weighted by Crippen LogP contribution is 2.40. The van der Waals surface area contributed by atoms with Crippen molar-refractivity contribution >= 4 is 17.7 Å². The Morgan fingerprint density at radius 3 is 2.19 bits per heavy atom. The van der Waals surface area contributed by atoms with Crippen molar-refractivity contribution in [3.63, 3.8) is 0 Å². The Kier molecular flexibility index (Phi) is 8.30. The molecule has 1 saturated carbocycles. The second-order valence-corrected chi connectivity index (χ2v) is 9.62. The maximum atomic E-state index is 13.2. The fourth-order valence-electron chi connectivity index (χ4n) is 4.53. The number of halogens is 2. The number of hydrogen-bond acceptors (Lipinski definition) is 4. The normalized spacial score (nSPS) is 20.5. The first-order chi connectivity index (χ1) is 17.3. The molecule has 0 radical (unpaired) electrons.